The van der Waals surface area contributed by atoms with E-state index in [1.807, 2.05) is 12.1 Å². The lowest BCUT2D eigenvalue weighted by atomic mass is 10.0. The second-order valence-corrected chi connectivity index (χ2v) is 12.1. The van der Waals surface area contributed by atoms with Gasteiger partial charge in [-0.05, 0) is 70.4 Å². The summed E-state index contributed by atoms with van der Waals surface area (Å²) >= 11 is 0. The first-order valence-electron chi connectivity index (χ1n) is 14.3. The molecule has 2 atom stereocenters. The zero-order valence-electron chi connectivity index (χ0n) is 25.1. The van der Waals surface area contributed by atoms with Gasteiger partial charge in [0.05, 0.1) is 18.2 Å². The number of anilines is 1. The van der Waals surface area contributed by atoms with Gasteiger partial charge in [0, 0.05) is 29.1 Å². The zero-order valence-corrected chi connectivity index (χ0v) is 25.1. The highest BCUT2D eigenvalue weighted by atomic mass is 19.4. The Labute approximate surface area is 256 Å². The highest BCUT2D eigenvalue weighted by molar-refractivity contribution is 5.90. The van der Waals surface area contributed by atoms with Crippen molar-refractivity contribution in [1.82, 2.24) is 24.1 Å². The van der Waals surface area contributed by atoms with E-state index in [9.17, 15) is 32.7 Å². The van der Waals surface area contributed by atoms with Gasteiger partial charge in [0.15, 0.2) is 5.82 Å². The van der Waals surface area contributed by atoms with Crippen molar-refractivity contribution >= 4 is 23.5 Å². The number of amides is 2. The summed E-state index contributed by atoms with van der Waals surface area (Å²) in [4.78, 5) is 44.3. The van der Waals surface area contributed by atoms with Gasteiger partial charge >= 0.3 is 12.3 Å². The molecular weight excluding hydrogens is 593 g/mol. The molecule has 3 heterocycles. The molecule has 2 amide bonds. The molecule has 238 valence electrons. The number of nitrogens with zero attached hydrogens (tertiary/aromatic N) is 5. The van der Waals surface area contributed by atoms with E-state index in [0.29, 0.717) is 24.1 Å². The zero-order chi connectivity index (χ0) is 32.7. The predicted octanol–water partition coefficient (Wildman–Crippen LogP) is 4.44. The number of likely N-dealkylation sites (tertiary alicyclic amines) is 1. The van der Waals surface area contributed by atoms with Gasteiger partial charge < -0.3 is 24.6 Å². The van der Waals surface area contributed by atoms with Gasteiger partial charge in [0.1, 0.15) is 12.1 Å². The Hall–Kier alpha value is -4.72. The van der Waals surface area contributed by atoms with Crippen molar-refractivity contribution in [2.75, 3.05) is 11.9 Å². The molecule has 2 N–H and O–H groups in total. The molecule has 2 aromatic carbocycles. The van der Waals surface area contributed by atoms with E-state index in [1.54, 1.807) is 44.7 Å². The maximum absolute atomic E-state index is 12.9. The molecule has 0 unspecified atom stereocenters. The van der Waals surface area contributed by atoms with Crippen molar-refractivity contribution < 1.29 is 32.6 Å². The Morgan fingerprint density at radius 3 is 2.36 bits per heavy atom. The quantitative estimate of drug-likeness (QED) is 0.324. The molecular formula is C31H33F3N6O5. The van der Waals surface area contributed by atoms with Crippen molar-refractivity contribution in [3.05, 3.63) is 81.8 Å². The minimum atomic E-state index is -4.49. The number of fused-ring (bicyclic) bond motifs is 1. The standard InChI is InChI=1S/C31H33F3N6O5/c1-18-13-26(43)40-28(38(18)17-25(42)35-22-11-9-21(10-12-22)31(32,33)34)36-27(37-40)20-7-5-19(6-8-20)14-23-15-24(41)16-39(23)29(44)45-30(2,3)4/h5-13,23-24,41H,14-17H2,1-4H3,(H,35,42)/t23-,24+/m0/s1. The molecule has 0 aliphatic carbocycles. The van der Waals surface area contributed by atoms with Crippen molar-refractivity contribution in [3.8, 4) is 11.4 Å². The highest BCUT2D eigenvalue weighted by Gasteiger charge is 2.36. The average molecular weight is 627 g/mol. The van der Waals surface area contributed by atoms with Gasteiger partial charge in [-0.1, -0.05) is 24.3 Å². The third-order valence-electron chi connectivity index (χ3n) is 7.30. The number of ether oxygens (including phenoxy) is 1. The number of aryl methyl sites for hydroxylation is 1. The highest BCUT2D eigenvalue weighted by Crippen LogP contribution is 2.30. The second kappa shape index (κ2) is 12.0. The van der Waals surface area contributed by atoms with Crippen molar-refractivity contribution in [1.29, 1.82) is 0 Å². The summed E-state index contributed by atoms with van der Waals surface area (Å²) in [5.74, 6) is -0.169. The van der Waals surface area contributed by atoms with Crippen LogP contribution in [0.1, 0.15) is 44.0 Å². The minimum Gasteiger partial charge on any atom is -0.444 e. The number of carbonyl (C=O) groups excluding carboxylic acids is 2. The molecule has 11 nitrogen and oxygen atoms in total. The first-order valence-corrected chi connectivity index (χ1v) is 14.3. The van der Waals surface area contributed by atoms with Crippen LogP contribution >= 0.6 is 0 Å². The van der Waals surface area contributed by atoms with Crippen LogP contribution in [0, 0.1) is 6.92 Å². The smallest absolute Gasteiger partial charge is 0.416 e. The van der Waals surface area contributed by atoms with Crippen LogP contribution in [0.25, 0.3) is 17.2 Å². The third kappa shape index (κ3) is 7.33. The van der Waals surface area contributed by atoms with Gasteiger partial charge in [-0.25, -0.2) is 4.79 Å². The number of alkyl halides is 3. The number of aromatic nitrogens is 4. The molecule has 5 rings (SSSR count). The van der Waals surface area contributed by atoms with Crippen molar-refractivity contribution in [2.45, 2.75) is 71.0 Å². The summed E-state index contributed by atoms with van der Waals surface area (Å²) in [6.45, 7) is 6.92. The van der Waals surface area contributed by atoms with E-state index in [4.69, 9.17) is 4.74 Å². The summed E-state index contributed by atoms with van der Waals surface area (Å²) < 4.78 is 46.7. The van der Waals surface area contributed by atoms with Gasteiger partial charge in [0.2, 0.25) is 11.7 Å². The Morgan fingerprint density at radius 1 is 1.07 bits per heavy atom. The molecule has 4 aromatic rings. The first kappa shape index (κ1) is 31.7. The Bertz CT molecular complexity index is 1780. The van der Waals surface area contributed by atoms with E-state index in [0.717, 1.165) is 34.3 Å². The number of rotatable bonds is 6. The van der Waals surface area contributed by atoms with E-state index in [2.05, 4.69) is 15.4 Å². The largest absolute Gasteiger partial charge is 0.444 e. The number of hydrogen-bond acceptors (Lipinski definition) is 7. The van der Waals surface area contributed by atoms with E-state index in [-0.39, 0.29) is 36.4 Å². The number of hydrogen-bond donors (Lipinski definition) is 2. The number of carbonyl (C=O) groups is 2. The van der Waals surface area contributed by atoms with Crippen LogP contribution in [0.5, 0.6) is 0 Å². The summed E-state index contributed by atoms with van der Waals surface area (Å²) in [6.07, 6.45) is -4.69. The van der Waals surface area contributed by atoms with E-state index < -0.39 is 41.0 Å². The van der Waals surface area contributed by atoms with Gasteiger partial charge in [-0.2, -0.15) is 22.7 Å². The number of β-amino-alcohol motifs (C(OH)–C–C–N with tert-alkyl or cyclic N) is 1. The van der Waals surface area contributed by atoms with Crippen LogP contribution in [0.4, 0.5) is 23.7 Å². The van der Waals surface area contributed by atoms with Crippen molar-refractivity contribution in [2.24, 2.45) is 0 Å². The summed E-state index contributed by atoms with van der Waals surface area (Å²) in [5, 5.41) is 17.1. The van der Waals surface area contributed by atoms with Crippen LogP contribution in [-0.2, 0) is 28.7 Å². The van der Waals surface area contributed by atoms with E-state index >= 15 is 0 Å². The molecule has 0 spiro atoms. The molecule has 1 fully saturated rings. The fourth-order valence-corrected chi connectivity index (χ4v) is 5.20. The number of aliphatic hydroxyl groups excluding tert-OH is 1. The number of benzene rings is 2. The lowest BCUT2D eigenvalue weighted by Gasteiger charge is -2.28. The SMILES string of the molecule is Cc1cc(=O)n2nc(-c3ccc(C[C@H]4C[C@@H](O)CN4C(=O)OC(C)(C)C)cc3)nc2n1CC(=O)Nc1ccc(C(F)(F)F)cc1. The van der Waals surface area contributed by atoms with Crippen LogP contribution in [0.15, 0.2) is 59.4 Å². The van der Waals surface area contributed by atoms with Crippen LogP contribution in [0.3, 0.4) is 0 Å². The fourth-order valence-electron chi connectivity index (χ4n) is 5.20. The number of halogens is 3. The first-order chi connectivity index (χ1) is 21.1. The van der Waals surface area contributed by atoms with Gasteiger partial charge in [-0.15, -0.1) is 5.10 Å². The number of nitrogens with one attached hydrogen (secondary N) is 1. The molecule has 0 bridgehead atoms. The summed E-state index contributed by atoms with van der Waals surface area (Å²) in [5.41, 5.74) is 0.209. The lowest BCUT2D eigenvalue weighted by Crippen LogP contribution is -2.41. The summed E-state index contributed by atoms with van der Waals surface area (Å²) in [7, 11) is 0. The predicted molar refractivity (Wildman–Crippen MR) is 159 cm³/mol. The maximum atomic E-state index is 12.9. The molecule has 1 aliphatic rings. The third-order valence-corrected chi connectivity index (χ3v) is 7.30. The topological polar surface area (TPSA) is 131 Å². The fraction of sp³-hybridized carbons (Fsp3) is 0.387. The van der Waals surface area contributed by atoms with Crippen LogP contribution < -0.4 is 10.9 Å². The normalized spacial score (nSPS) is 17.1. The summed E-state index contributed by atoms with van der Waals surface area (Å²) in [6, 6.07) is 12.4. The van der Waals surface area contributed by atoms with Gasteiger partial charge in [-0.3, -0.25) is 9.59 Å². The molecule has 45 heavy (non-hydrogen) atoms. The van der Waals surface area contributed by atoms with E-state index in [1.165, 1.54) is 10.6 Å². The Kier molecular flexibility index (Phi) is 8.45. The second-order valence-electron chi connectivity index (χ2n) is 12.1. The molecule has 14 heteroatoms. The maximum Gasteiger partial charge on any atom is 0.416 e. The molecule has 1 aliphatic heterocycles. The molecule has 1 saturated heterocycles. The lowest BCUT2D eigenvalue weighted by molar-refractivity contribution is -0.137. The minimum absolute atomic E-state index is 0.120. The number of aliphatic hydroxyl groups is 1. The van der Waals surface area contributed by atoms with Crippen molar-refractivity contribution in [3.63, 3.8) is 0 Å². The van der Waals surface area contributed by atoms with Gasteiger partial charge in [0.25, 0.3) is 5.56 Å². The Balaban J connectivity index is 1.32. The molecule has 2 aromatic heterocycles. The Morgan fingerprint density at radius 2 is 1.73 bits per heavy atom. The average Bonchev–Trinajstić information content (AvgIpc) is 3.55. The van der Waals surface area contributed by atoms with Crippen LogP contribution in [-0.4, -0.2) is 65.5 Å². The monoisotopic (exact) mass is 626 g/mol. The van der Waals surface area contributed by atoms with Crippen LogP contribution in [0.2, 0.25) is 0 Å². The molecule has 0 radical (unpaired) electrons. The molecule has 0 saturated carbocycles.